The number of hydrogen-bond acceptors (Lipinski definition) is 5. The molecule has 1 aliphatic heterocycles. The molecule has 0 spiro atoms. The van der Waals surface area contributed by atoms with Gasteiger partial charge in [-0.3, -0.25) is 10.1 Å². The van der Waals surface area contributed by atoms with Gasteiger partial charge in [0, 0.05) is 17.7 Å². The smallest absolute Gasteiger partial charge is 0.270 e. The van der Waals surface area contributed by atoms with Crippen LogP contribution in [-0.4, -0.2) is 21.7 Å². The number of nitrogens with two attached hydrogens (primary N) is 1. The maximum atomic E-state index is 10.9. The van der Waals surface area contributed by atoms with Gasteiger partial charge in [-0.2, -0.15) is 0 Å². The van der Waals surface area contributed by atoms with E-state index in [0.717, 1.165) is 38.5 Å². The second-order valence-corrected chi connectivity index (χ2v) is 6.32. The van der Waals surface area contributed by atoms with Crippen molar-refractivity contribution < 1.29 is 14.8 Å². The number of ether oxygens (including phenoxy) is 1. The third-order valence-corrected chi connectivity index (χ3v) is 4.66. The standard InChI is InChI=1S/C17H26N2O4/c1-3-5-9-17(10-6-4-2)16(20)15(18)13-11-12(19(21)22)7-8-14(13)23-17/h7-8,11,15-16,20H,3-6,9-10,18H2,1-2H3/t15-,16+/m0/s1. The number of nitro benzene ring substituents is 1. The van der Waals surface area contributed by atoms with Crippen molar-refractivity contribution in [3.8, 4) is 5.75 Å². The Bertz CT molecular complexity index is 554. The highest BCUT2D eigenvalue weighted by Crippen LogP contribution is 2.44. The molecule has 0 saturated heterocycles. The zero-order valence-electron chi connectivity index (χ0n) is 13.8. The Labute approximate surface area is 136 Å². The van der Waals surface area contributed by atoms with Gasteiger partial charge in [0.05, 0.1) is 11.0 Å². The second kappa shape index (κ2) is 7.27. The van der Waals surface area contributed by atoms with Crippen LogP contribution in [0.5, 0.6) is 5.75 Å². The topological polar surface area (TPSA) is 98.6 Å². The Morgan fingerprint density at radius 1 is 1.30 bits per heavy atom. The number of nitrogens with zero attached hydrogens (tertiary/aromatic N) is 1. The van der Waals surface area contributed by atoms with Crippen molar-refractivity contribution in [1.82, 2.24) is 0 Å². The van der Waals surface area contributed by atoms with Crippen molar-refractivity contribution in [2.75, 3.05) is 0 Å². The first kappa shape index (κ1) is 17.7. The highest BCUT2D eigenvalue weighted by atomic mass is 16.6. The second-order valence-electron chi connectivity index (χ2n) is 6.32. The average molecular weight is 322 g/mol. The number of benzene rings is 1. The minimum atomic E-state index is -0.866. The lowest BCUT2D eigenvalue weighted by Gasteiger charge is -2.45. The molecule has 1 aromatic carbocycles. The van der Waals surface area contributed by atoms with Gasteiger partial charge in [-0.1, -0.05) is 26.7 Å². The van der Waals surface area contributed by atoms with E-state index in [-0.39, 0.29) is 5.69 Å². The van der Waals surface area contributed by atoms with E-state index in [1.165, 1.54) is 12.1 Å². The van der Waals surface area contributed by atoms with Gasteiger partial charge < -0.3 is 15.6 Å². The highest BCUT2D eigenvalue weighted by Gasteiger charge is 2.47. The zero-order chi connectivity index (χ0) is 17.0. The van der Waals surface area contributed by atoms with Gasteiger partial charge in [0.25, 0.3) is 5.69 Å². The van der Waals surface area contributed by atoms with Crippen molar-refractivity contribution in [2.24, 2.45) is 5.73 Å². The number of aliphatic hydroxyl groups excluding tert-OH is 1. The Hall–Kier alpha value is -1.66. The van der Waals surface area contributed by atoms with Gasteiger partial charge in [0.1, 0.15) is 17.5 Å². The van der Waals surface area contributed by atoms with Gasteiger partial charge in [-0.05, 0) is 31.7 Å². The van der Waals surface area contributed by atoms with Crippen molar-refractivity contribution in [2.45, 2.75) is 70.1 Å². The van der Waals surface area contributed by atoms with Crippen LogP contribution in [0.25, 0.3) is 0 Å². The third kappa shape index (κ3) is 3.48. The van der Waals surface area contributed by atoms with Crippen LogP contribution in [0, 0.1) is 10.1 Å². The fourth-order valence-electron chi connectivity index (χ4n) is 3.25. The molecule has 2 atom stereocenters. The summed E-state index contributed by atoms with van der Waals surface area (Å²) in [4.78, 5) is 10.5. The minimum Gasteiger partial charge on any atom is -0.484 e. The number of non-ortho nitro benzene ring substituents is 1. The van der Waals surface area contributed by atoms with Crippen LogP contribution in [0.3, 0.4) is 0 Å². The molecule has 0 bridgehead atoms. The summed E-state index contributed by atoms with van der Waals surface area (Å²) in [7, 11) is 0. The maximum absolute atomic E-state index is 10.9. The predicted molar refractivity (Wildman–Crippen MR) is 88.4 cm³/mol. The van der Waals surface area contributed by atoms with Crippen molar-refractivity contribution in [3.63, 3.8) is 0 Å². The molecule has 0 aromatic heterocycles. The molecular weight excluding hydrogens is 296 g/mol. The number of hydrogen-bond donors (Lipinski definition) is 2. The van der Waals surface area contributed by atoms with Crippen molar-refractivity contribution >= 4 is 5.69 Å². The van der Waals surface area contributed by atoms with E-state index in [0.29, 0.717) is 11.3 Å². The SMILES string of the molecule is CCCCC1(CCCC)Oc2ccc([N+](=O)[O-])cc2[C@H](N)[C@H]1O. The Kier molecular flexibility index (Phi) is 5.59. The highest BCUT2D eigenvalue weighted by molar-refractivity contribution is 5.48. The number of nitro groups is 1. The molecule has 0 amide bonds. The molecular formula is C17H26N2O4. The van der Waals surface area contributed by atoms with Crippen LogP contribution in [-0.2, 0) is 0 Å². The largest absolute Gasteiger partial charge is 0.484 e. The zero-order valence-corrected chi connectivity index (χ0v) is 13.8. The first-order valence-electron chi connectivity index (χ1n) is 8.36. The normalized spacial score (nSPS) is 22.3. The molecule has 3 N–H and O–H groups in total. The minimum absolute atomic E-state index is 0.0374. The summed E-state index contributed by atoms with van der Waals surface area (Å²) in [6, 6.07) is 3.76. The van der Waals surface area contributed by atoms with E-state index in [2.05, 4.69) is 13.8 Å². The summed E-state index contributed by atoms with van der Waals surface area (Å²) in [5.74, 6) is 0.556. The molecule has 0 saturated carbocycles. The van der Waals surface area contributed by atoms with Gasteiger partial charge in [-0.15, -0.1) is 0 Å². The Morgan fingerprint density at radius 3 is 2.43 bits per heavy atom. The van der Waals surface area contributed by atoms with E-state index in [1.807, 2.05) is 0 Å². The fourth-order valence-corrected chi connectivity index (χ4v) is 3.25. The predicted octanol–water partition coefficient (Wildman–Crippen LogP) is 3.47. The van der Waals surface area contributed by atoms with E-state index in [4.69, 9.17) is 10.5 Å². The third-order valence-electron chi connectivity index (χ3n) is 4.66. The monoisotopic (exact) mass is 322 g/mol. The lowest BCUT2D eigenvalue weighted by atomic mass is 9.78. The van der Waals surface area contributed by atoms with E-state index in [9.17, 15) is 15.2 Å². The van der Waals surface area contributed by atoms with Crippen molar-refractivity contribution in [3.05, 3.63) is 33.9 Å². The molecule has 2 rings (SSSR count). The van der Waals surface area contributed by atoms with Crippen LogP contribution in [0.1, 0.15) is 64.0 Å². The number of aliphatic hydroxyl groups is 1. The van der Waals surface area contributed by atoms with Crippen molar-refractivity contribution in [1.29, 1.82) is 0 Å². The van der Waals surface area contributed by atoms with Gasteiger partial charge in [0.15, 0.2) is 0 Å². The molecule has 0 fully saturated rings. The molecule has 23 heavy (non-hydrogen) atoms. The van der Waals surface area contributed by atoms with Gasteiger partial charge in [0.2, 0.25) is 0 Å². The van der Waals surface area contributed by atoms with E-state index >= 15 is 0 Å². The molecule has 1 aliphatic rings. The molecule has 128 valence electrons. The number of unbranched alkanes of at least 4 members (excludes halogenated alkanes) is 2. The molecule has 6 nitrogen and oxygen atoms in total. The average Bonchev–Trinajstić information content (AvgIpc) is 2.55. The van der Waals surface area contributed by atoms with Crippen LogP contribution in [0.2, 0.25) is 0 Å². The van der Waals surface area contributed by atoms with E-state index in [1.54, 1.807) is 6.07 Å². The van der Waals surface area contributed by atoms with Gasteiger partial charge >= 0.3 is 0 Å². The lowest BCUT2D eigenvalue weighted by molar-refractivity contribution is -0.385. The summed E-state index contributed by atoms with van der Waals surface area (Å²) >= 11 is 0. The lowest BCUT2D eigenvalue weighted by Crippen LogP contribution is -2.55. The summed E-state index contributed by atoms with van der Waals surface area (Å²) in [6.45, 7) is 4.19. The van der Waals surface area contributed by atoms with Crippen LogP contribution < -0.4 is 10.5 Å². The molecule has 1 heterocycles. The Morgan fingerprint density at radius 2 is 1.91 bits per heavy atom. The first-order chi connectivity index (χ1) is 10.9. The maximum Gasteiger partial charge on any atom is 0.270 e. The summed E-state index contributed by atoms with van der Waals surface area (Å²) in [6.07, 6.45) is 4.49. The quantitative estimate of drug-likeness (QED) is 0.591. The fraction of sp³-hybridized carbons (Fsp3) is 0.647. The molecule has 1 aromatic rings. The molecule has 0 unspecified atom stereocenters. The number of fused-ring (bicyclic) bond motifs is 1. The summed E-state index contributed by atoms with van der Waals surface area (Å²) in [5, 5.41) is 21.7. The molecule has 6 heteroatoms. The molecule has 0 radical (unpaired) electrons. The summed E-state index contributed by atoms with van der Waals surface area (Å²) < 4.78 is 6.19. The molecule has 0 aliphatic carbocycles. The van der Waals surface area contributed by atoms with Gasteiger partial charge in [-0.25, -0.2) is 0 Å². The van der Waals surface area contributed by atoms with Crippen LogP contribution in [0.4, 0.5) is 5.69 Å². The van der Waals surface area contributed by atoms with Crippen LogP contribution in [0.15, 0.2) is 18.2 Å². The Balaban J connectivity index is 2.39. The van der Waals surface area contributed by atoms with Crippen LogP contribution >= 0.6 is 0 Å². The first-order valence-corrected chi connectivity index (χ1v) is 8.36. The number of rotatable bonds is 7. The summed E-state index contributed by atoms with van der Waals surface area (Å²) in [5.41, 5.74) is 6.00. The van der Waals surface area contributed by atoms with E-state index < -0.39 is 22.7 Å².